The van der Waals surface area contributed by atoms with Crippen molar-refractivity contribution in [3.8, 4) is 0 Å². The van der Waals surface area contributed by atoms with Crippen LogP contribution in [0.1, 0.15) is 38.5 Å². The molecule has 6 heteroatoms. The summed E-state index contributed by atoms with van der Waals surface area (Å²) in [6, 6.07) is 0.517. The zero-order valence-electron chi connectivity index (χ0n) is 11.3. The molecular weight excluding hydrogens is 274 g/mol. The molecular formula is C14H18ClN5. The van der Waals surface area contributed by atoms with Crippen LogP contribution in [0.2, 0.25) is 5.28 Å². The zero-order valence-corrected chi connectivity index (χ0v) is 12.0. The summed E-state index contributed by atoms with van der Waals surface area (Å²) >= 11 is 6.01. The minimum absolute atomic E-state index is 0.269. The van der Waals surface area contributed by atoms with Gasteiger partial charge in [0, 0.05) is 6.04 Å². The molecule has 2 aromatic heterocycles. The summed E-state index contributed by atoms with van der Waals surface area (Å²) in [7, 11) is 0. The molecule has 0 saturated heterocycles. The summed E-state index contributed by atoms with van der Waals surface area (Å²) in [5, 5.41) is 3.90. The number of nitrogens with zero attached hydrogens (tertiary/aromatic N) is 3. The lowest BCUT2D eigenvalue weighted by Gasteiger charge is -2.43. The maximum Gasteiger partial charge on any atom is 0.226 e. The summed E-state index contributed by atoms with van der Waals surface area (Å²) in [5.74, 6) is 2.34. The first-order valence-electron chi connectivity index (χ1n) is 7.44. The highest BCUT2D eigenvalue weighted by atomic mass is 35.5. The molecule has 0 aliphatic heterocycles. The third kappa shape index (κ3) is 2.04. The van der Waals surface area contributed by atoms with Crippen molar-refractivity contribution < 1.29 is 0 Å². The van der Waals surface area contributed by atoms with Crippen molar-refractivity contribution in [3.05, 3.63) is 11.6 Å². The van der Waals surface area contributed by atoms with E-state index in [-0.39, 0.29) is 5.28 Å². The summed E-state index contributed by atoms with van der Waals surface area (Å²) < 4.78 is 0. The summed E-state index contributed by atoms with van der Waals surface area (Å²) in [4.78, 5) is 15.8. The minimum Gasteiger partial charge on any atom is -0.365 e. The summed E-state index contributed by atoms with van der Waals surface area (Å²) in [6.07, 6.45) is 9.68. The van der Waals surface area contributed by atoms with Crippen LogP contribution in [0.15, 0.2) is 6.33 Å². The number of H-pyrrole nitrogens is 1. The van der Waals surface area contributed by atoms with E-state index in [0.717, 1.165) is 23.2 Å². The zero-order chi connectivity index (χ0) is 13.5. The highest BCUT2D eigenvalue weighted by Crippen LogP contribution is 2.41. The Bertz CT molecular complexity index is 603. The number of fused-ring (bicyclic) bond motifs is 1. The van der Waals surface area contributed by atoms with Gasteiger partial charge in [-0.05, 0) is 49.1 Å². The highest BCUT2D eigenvalue weighted by Gasteiger charge is 2.36. The lowest BCUT2D eigenvalue weighted by Crippen LogP contribution is -2.42. The molecule has 0 aromatic carbocycles. The minimum atomic E-state index is 0.269. The topological polar surface area (TPSA) is 66.5 Å². The van der Waals surface area contributed by atoms with E-state index in [1.165, 1.54) is 38.5 Å². The smallest absolute Gasteiger partial charge is 0.226 e. The number of hydrogen-bond donors (Lipinski definition) is 2. The quantitative estimate of drug-likeness (QED) is 0.848. The Labute approximate surface area is 122 Å². The molecule has 2 aliphatic rings. The number of imidazole rings is 1. The van der Waals surface area contributed by atoms with Crippen LogP contribution in [0.5, 0.6) is 0 Å². The molecule has 0 bridgehead atoms. The number of halogens is 1. The molecule has 2 N–H and O–H groups in total. The predicted octanol–water partition coefficient (Wildman–Crippen LogP) is 3.39. The van der Waals surface area contributed by atoms with Crippen LogP contribution in [-0.4, -0.2) is 26.0 Å². The van der Waals surface area contributed by atoms with Gasteiger partial charge in [0.05, 0.1) is 6.33 Å². The van der Waals surface area contributed by atoms with Gasteiger partial charge in [-0.15, -0.1) is 0 Å². The average Bonchev–Trinajstić information content (AvgIpc) is 2.71. The van der Waals surface area contributed by atoms with Crippen molar-refractivity contribution in [2.24, 2.45) is 11.8 Å². The van der Waals surface area contributed by atoms with Crippen molar-refractivity contribution >= 4 is 28.6 Å². The SMILES string of the molecule is Clc1nc(NC(C2CCC2)C2CCC2)c2nc[nH]c2n1. The number of hydrogen-bond acceptors (Lipinski definition) is 4. The van der Waals surface area contributed by atoms with Gasteiger partial charge >= 0.3 is 0 Å². The molecule has 0 amide bonds. The Morgan fingerprint density at radius 1 is 1.15 bits per heavy atom. The Morgan fingerprint density at radius 3 is 2.45 bits per heavy atom. The van der Waals surface area contributed by atoms with Gasteiger partial charge < -0.3 is 10.3 Å². The molecule has 2 saturated carbocycles. The fourth-order valence-electron chi connectivity index (χ4n) is 3.29. The Morgan fingerprint density at radius 2 is 1.85 bits per heavy atom. The third-order valence-corrected chi connectivity index (χ3v) is 5.04. The van der Waals surface area contributed by atoms with Gasteiger partial charge in [-0.1, -0.05) is 12.8 Å². The van der Waals surface area contributed by atoms with Crippen molar-refractivity contribution in [1.29, 1.82) is 0 Å². The lowest BCUT2D eigenvalue weighted by molar-refractivity contribution is 0.166. The van der Waals surface area contributed by atoms with E-state index < -0.39 is 0 Å². The summed E-state index contributed by atoms with van der Waals surface area (Å²) in [5.41, 5.74) is 1.49. The molecule has 0 unspecified atom stereocenters. The second kappa shape index (κ2) is 4.88. The maximum absolute atomic E-state index is 6.01. The number of anilines is 1. The van der Waals surface area contributed by atoms with E-state index in [1.54, 1.807) is 6.33 Å². The number of rotatable bonds is 4. The monoisotopic (exact) mass is 291 g/mol. The molecule has 2 fully saturated rings. The van der Waals surface area contributed by atoms with Crippen LogP contribution < -0.4 is 5.32 Å². The fraction of sp³-hybridized carbons (Fsp3) is 0.643. The predicted molar refractivity (Wildman–Crippen MR) is 78.8 cm³/mol. The van der Waals surface area contributed by atoms with Gasteiger partial charge in [0.15, 0.2) is 11.5 Å². The van der Waals surface area contributed by atoms with Gasteiger partial charge in [-0.2, -0.15) is 9.97 Å². The third-order valence-electron chi connectivity index (χ3n) is 4.87. The molecule has 0 atom stereocenters. The molecule has 20 heavy (non-hydrogen) atoms. The van der Waals surface area contributed by atoms with E-state index in [1.807, 2.05) is 0 Å². The highest BCUT2D eigenvalue weighted by molar-refractivity contribution is 6.28. The second-order valence-corrected chi connectivity index (χ2v) is 6.33. The second-order valence-electron chi connectivity index (χ2n) is 5.99. The standard InChI is InChI=1S/C14H18ClN5/c15-14-19-12-11(16-7-17-12)13(20-14)18-10(8-3-1-4-8)9-5-2-6-9/h7-10H,1-6H2,(H2,16,17,18,19,20). The first-order valence-corrected chi connectivity index (χ1v) is 7.82. The Kier molecular flexibility index (Phi) is 3.02. The van der Waals surface area contributed by atoms with Gasteiger partial charge in [0.25, 0.3) is 0 Å². The fourth-order valence-corrected chi connectivity index (χ4v) is 3.45. The molecule has 0 radical (unpaired) electrons. The van der Waals surface area contributed by atoms with Crippen molar-refractivity contribution in [1.82, 2.24) is 19.9 Å². The van der Waals surface area contributed by atoms with Crippen LogP contribution in [0.4, 0.5) is 5.82 Å². The van der Waals surface area contributed by atoms with Crippen LogP contribution >= 0.6 is 11.6 Å². The molecule has 4 rings (SSSR count). The van der Waals surface area contributed by atoms with Crippen molar-refractivity contribution in [2.75, 3.05) is 5.32 Å². The van der Waals surface area contributed by atoms with Gasteiger partial charge in [-0.25, -0.2) is 4.98 Å². The average molecular weight is 292 g/mol. The van der Waals surface area contributed by atoms with E-state index >= 15 is 0 Å². The Balaban J connectivity index is 1.65. The molecule has 2 heterocycles. The van der Waals surface area contributed by atoms with E-state index in [4.69, 9.17) is 11.6 Å². The molecule has 106 valence electrons. The first-order chi connectivity index (χ1) is 9.81. The van der Waals surface area contributed by atoms with Crippen LogP contribution in [0.25, 0.3) is 11.2 Å². The van der Waals surface area contributed by atoms with E-state index in [9.17, 15) is 0 Å². The number of nitrogens with one attached hydrogen (secondary N) is 2. The maximum atomic E-state index is 6.01. The van der Waals surface area contributed by atoms with Gasteiger partial charge in [0.2, 0.25) is 5.28 Å². The van der Waals surface area contributed by atoms with Crippen LogP contribution in [-0.2, 0) is 0 Å². The number of aromatic nitrogens is 4. The molecule has 5 nitrogen and oxygen atoms in total. The molecule has 0 spiro atoms. The van der Waals surface area contributed by atoms with Crippen molar-refractivity contribution in [3.63, 3.8) is 0 Å². The molecule has 2 aliphatic carbocycles. The lowest BCUT2D eigenvalue weighted by atomic mass is 9.68. The van der Waals surface area contributed by atoms with E-state index in [2.05, 4.69) is 25.3 Å². The van der Waals surface area contributed by atoms with Gasteiger partial charge in [-0.3, -0.25) is 0 Å². The Hall–Kier alpha value is -1.36. The number of aromatic amines is 1. The van der Waals surface area contributed by atoms with Crippen LogP contribution in [0.3, 0.4) is 0 Å². The normalized spacial score (nSPS) is 20.1. The van der Waals surface area contributed by atoms with E-state index in [0.29, 0.717) is 11.7 Å². The first kappa shape index (κ1) is 12.4. The largest absolute Gasteiger partial charge is 0.365 e. The summed E-state index contributed by atoms with van der Waals surface area (Å²) in [6.45, 7) is 0. The van der Waals surface area contributed by atoms with Gasteiger partial charge in [0.1, 0.15) is 5.52 Å². The van der Waals surface area contributed by atoms with Crippen LogP contribution in [0, 0.1) is 11.8 Å². The van der Waals surface area contributed by atoms with Crippen molar-refractivity contribution in [2.45, 2.75) is 44.6 Å². The molecule has 2 aromatic rings.